The van der Waals surface area contributed by atoms with Gasteiger partial charge in [0.05, 0.1) is 29.5 Å². The molecule has 0 saturated heterocycles. The van der Waals surface area contributed by atoms with Crippen molar-refractivity contribution in [3.63, 3.8) is 0 Å². The molecule has 10 heteroatoms. The van der Waals surface area contributed by atoms with Gasteiger partial charge in [-0.05, 0) is 30.3 Å². The van der Waals surface area contributed by atoms with Crippen molar-refractivity contribution < 1.29 is 4.74 Å². The maximum Gasteiger partial charge on any atom is 0.258 e. The van der Waals surface area contributed by atoms with Gasteiger partial charge >= 0.3 is 0 Å². The molecule has 0 unspecified atom stereocenters. The van der Waals surface area contributed by atoms with Crippen molar-refractivity contribution >= 4 is 56.4 Å². The summed E-state index contributed by atoms with van der Waals surface area (Å²) in [5.74, 6) is 1.74. The molecule has 0 spiro atoms. The lowest BCUT2D eigenvalue weighted by atomic mass is 10.2. The second-order valence-corrected chi connectivity index (χ2v) is 8.30. The molecule has 4 rings (SSSR count). The highest BCUT2D eigenvalue weighted by atomic mass is 35.5. The number of benzene rings is 2. The van der Waals surface area contributed by atoms with Gasteiger partial charge in [0.2, 0.25) is 5.13 Å². The second-order valence-electron chi connectivity index (χ2n) is 5.66. The number of rotatable bonds is 6. The van der Waals surface area contributed by atoms with E-state index in [2.05, 4.69) is 25.5 Å². The summed E-state index contributed by atoms with van der Waals surface area (Å²) in [6.45, 7) is 0. The third-order valence-corrected chi connectivity index (χ3v) is 6.02. The van der Waals surface area contributed by atoms with Crippen LogP contribution in [0.25, 0.3) is 10.9 Å². The predicted octanol–water partition coefficient (Wildman–Crippen LogP) is 4.47. The summed E-state index contributed by atoms with van der Waals surface area (Å²) >= 11 is 8.85. The molecule has 0 bridgehead atoms. The van der Waals surface area contributed by atoms with Crippen molar-refractivity contribution in [2.45, 2.75) is 10.1 Å². The van der Waals surface area contributed by atoms with Gasteiger partial charge in [0.25, 0.3) is 5.56 Å². The van der Waals surface area contributed by atoms with E-state index in [1.165, 1.54) is 23.1 Å². The first-order chi connectivity index (χ1) is 13.6. The Bertz CT molecular complexity index is 1190. The topological polar surface area (TPSA) is 92.8 Å². The van der Waals surface area contributed by atoms with Gasteiger partial charge in [-0.15, -0.1) is 10.2 Å². The highest BCUT2D eigenvalue weighted by Gasteiger charge is 2.10. The van der Waals surface area contributed by atoms with Crippen LogP contribution in [0.1, 0.15) is 5.82 Å². The average molecular weight is 432 g/mol. The van der Waals surface area contributed by atoms with E-state index in [1.54, 1.807) is 25.3 Å². The van der Waals surface area contributed by atoms with E-state index in [0.29, 0.717) is 32.6 Å². The number of aromatic amines is 1. The third-order valence-electron chi connectivity index (χ3n) is 3.81. The van der Waals surface area contributed by atoms with Gasteiger partial charge in [0.1, 0.15) is 11.6 Å². The number of H-pyrrole nitrogens is 1. The van der Waals surface area contributed by atoms with Crippen LogP contribution in [0.2, 0.25) is 5.02 Å². The van der Waals surface area contributed by atoms with Crippen LogP contribution in [-0.4, -0.2) is 27.3 Å². The van der Waals surface area contributed by atoms with Crippen molar-refractivity contribution in [1.82, 2.24) is 20.2 Å². The molecule has 0 aliphatic carbocycles. The van der Waals surface area contributed by atoms with Crippen LogP contribution in [0.3, 0.4) is 0 Å². The van der Waals surface area contributed by atoms with Gasteiger partial charge in [-0.1, -0.05) is 46.8 Å². The summed E-state index contributed by atoms with van der Waals surface area (Å²) < 4.78 is 6.08. The Hall–Kier alpha value is -2.62. The van der Waals surface area contributed by atoms with Gasteiger partial charge in [-0.25, -0.2) is 4.98 Å². The molecule has 0 saturated carbocycles. The lowest BCUT2D eigenvalue weighted by Gasteiger charge is -2.07. The highest BCUT2D eigenvalue weighted by molar-refractivity contribution is 8.00. The van der Waals surface area contributed by atoms with Gasteiger partial charge in [0, 0.05) is 5.02 Å². The smallest absolute Gasteiger partial charge is 0.258 e. The molecule has 2 heterocycles. The fraction of sp³-hybridized carbons (Fsp3) is 0.111. The zero-order valence-corrected chi connectivity index (χ0v) is 17.0. The molecule has 2 aromatic heterocycles. The molecule has 0 fully saturated rings. The molecule has 0 amide bonds. The van der Waals surface area contributed by atoms with E-state index in [1.807, 2.05) is 24.3 Å². The monoisotopic (exact) mass is 431 g/mol. The quantitative estimate of drug-likeness (QED) is 0.435. The molecule has 28 heavy (non-hydrogen) atoms. The number of methoxy groups -OCH3 is 1. The van der Waals surface area contributed by atoms with Crippen LogP contribution in [0.15, 0.2) is 51.6 Å². The van der Waals surface area contributed by atoms with E-state index in [4.69, 9.17) is 16.3 Å². The number of ether oxygens (including phenoxy) is 1. The number of aromatic nitrogens is 4. The summed E-state index contributed by atoms with van der Waals surface area (Å²) in [5, 5.41) is 13.2. The van der Waals surface area contributed by atoms with Crippen molar-refractivity contribution in [2.75, 3.05) is 12.4 Å². The number of fused-ring (bicyclic) bond motifs is 1. The van der Waals surface area contributed by atoms with Gasteiger partial charge in [0.15, 0.2) is 4.34 Å². The largest absolute Gasteiger partial charge is 0.495 e. The molecule has 0 atom stereocenters. The van der Waals surface area contributed by atoms with Gasteiger partial charge in [-0.2, -0.15) is 0 Å². The summed E-state index contributed by atoms with van der Waals surface area (Å²) in [6.07, 6.45) is 0. The summed E-state index contributed by atoms with van der Waals surface area (Å²) in [6, 6.07) is 12.6. The number of hydrogen-bond donors (Lipinski definition) is 2. The average Bonchev–Trinajstić information content (AvgIpc) is 3.14. The molecular weight excluding hydrogens is 418 g/mol. The van der Waals surface area contributed by atoms with Crippen LogP contribution in [-0.2, 0) is 5.75 Å². The van der Waals surface area contributed by atoms with E-state index in [9.17, 15) is 4.79 Å². The summed E-state index contributed by atoms with van der Waals surface area (Å²) in [4.78, 5) is 19.5. The van der Waals surface area contributed by atoms with Crippen molar-refractivity contribution in [3.05, 3.63) is 63.7 Å². The Labute approximate surface area is 173 Å². The molecule has 0 radical (unpaired) electrons. The fourth-order valence-electron chi connectivity index (χ4n) is 2.54. The van der Waals surface area contributed by atoms with Crippen LogP contribution < -0.4 is 15.6 Å². The Morgan fingerprint density at radius 2 is 2.11 bits per heavy atom. The highest BCUT2D eigenvalue weighted by Crippen LogP contribution is 2.32. The third kappa shape index (κ3) is 4.11. The molecule has 142 valence electrons. The molecule has 0 aliphatic heterocycles. The molecule has 2 N–H and O–H groups in total. The predicted molar refractivity (Wildman–Crippen MR) is 113 cm³/mol. The maximum atomic E-state index is 12.2. The van der Waals surface area contributed by atoms with E-state index in [-0.39, 0.29) is 5.56 Å². The van der Waals surface area contributed by atoms with Gasteiger partial charge < -0.3 is 15.0 Å². The molecule has 7 nitrogen and oxygen atoms in total. The van der Waals surface area contributed by atoms with Crippen LogP contribution in [0, 0.1) is 0 Å². The molecule has 4 aromatic rings. The maximum absolute atomic E-state index is 12.2. The normalized spacial score (nSPS) is 10.9. The lowest BCUT2D eigenvalue weighted by Crippen LogP contribution is -2.11. The molecular formula is C18H14ClN5O2S2. The number of halogens is 1. The van der Waals surface area contributed by atoms with Crippen LogP contribution in [0.5, 0.6) is 5.75 Å². The Morgan fingerprint density at radius 1 is 1.25 bits per heavy atom. The Morgan fingerprint density at radius 3 is 2.96 bits per heavy atom. The summed E-state index contributed by atoms with van der Waals surface area (Å²) in [7, 11) is 1.62. The lowest BCUT2D eigenvalue weighted by molar-refractivity contribution is 0.417. The first kappa shape index (κ1) is 18.7. The second kappa shape index (κ2) is 8.17. The Balaban J connectivity index is 1.47. The number of nitrogens with zero attached hydrogens (tertiary/aromatic N) is 3. The first-order valence-electron chi connectivity index (χ1n) is 8.17. The number of thioether (sulfide) groups is 1. The SMILES string of the molecule is COc1ccccc1Nc1nnc(SCc2nc3cc(Cl)ccc3c(=O)[nH]2)s1. The molecule has 2 aromatic carbocycles. The zero-order valence-electron chi connectivity index (χ0n) is 14.6. The standard InChI is InChI=1S/C18H14ClN5O2S2/c1-26-14-5-3-2-4-12(14)21-17-23-24-18(28-17)27-9-15-20-13-8-10(19)6-7-11(13)16(25)22-15/h2-8H,9H2,1H3,(H,21,23)(H,20,22,25). The number of nitrogens with one attached hydrogen (secondary N) is 2. The van der Waals surface area contributed by atoms with Crippen LogP contribution in [0.4, 0.5) is 10.8 Å². The minimum absolute atomic E-state index is 0.187. The Kier molecular flexibility index (Phi) is 5.47. The summed E-state index contributed by atoms with van der Waals surface area (Å²) in [5.41, 5.74) is 1.20. The fourth-order valence-corrected chi connectivity index (χ4v) is 4.34. The first-order valence-corrected chi connectivity index (χ1v) is 10.3. The molecule has 0 aliphatic rings. The van der Waals surface area contributed by atoms with E-state index in [0.717, 1.165) is 15.8 Å². The van der Waals surface area contributed by atoms with Crippen molar-refractivity contribution in [1.29, 1.82) is 0 Å². The van der Waals surface area contributed by atoms with E-state index >= 15 is 0 Å². The van der Waals surface area contributed by atoms with Crippen LogP contribution >= 0.6 is 34.7 Å². The van der Waals surface area contributed by atoms with Gasteiger partial charge in [-0.3, -0.25) is 4.79 Å². The number of anilines is 2. The minimum Gasteiger partial charge on any atom is -0.495 e. The number of hydrogen-bond acceptors (Lipinski definition) is 8. The van der Waals surface area contributed by atoms with Crippen molar-refractivity contribution in [3.8, 4) is 5.75 Å². The number of para-hydroxylation sites is 2. The zero-order chi connectivity index (χ0) is 19.5. The van der Waals surface area contributed by atoms with E-state index < -0.39 is 0 Å². The van der Waals surface area contributed by atoms with Crippen molar-refractivity contribution in [2.24, 2.45) is 0 Å². The minimum atomic E-state index is -0.187.